The molecule has 174 valence electrons. The largest absolute Gasteiger partial charge is 0.384 e. The van der Waals surface area contributed by atoms with E-state index in [2.05, 4.69) is 41.1 Å². The molecule has 0 saturated carbocycles. The molecule has 5 rings (SSSR count). The van der Waals surface area contributed by atoms with Crippen LogP contribution in [-0.4, -0.2) is 30.9 Å². The van der Waals surface area contributed by atoms with Crippen LogP contribution in [0.3, 0.4) is 0 Å². The molecule has 2 aliphatic rings. The molecule has 6 heteroatoms. The van der Waals surface area contributed by atoms with E-state index in [4.69, 9.17) is 0 Å². The first-order valence-electron chi connectivity index (χ1n) is 12.0. The minimum Gasteiger partial charge on any atom is -0.384 e. The molecule has 34 heavy (non-hydrogen) atoms. The second-order valence-electron chi connectivity index (χ2n) is 9.02. The predicted octanol–water partition coefficient (Wildman–Crippen LogP) is 5.52. The molecule has 1 unspecified atom stereocenters. The zero-order chi connectivity index (χ0) is 23.7. The molecular weight excluding hydrogens is 424 g/mol. The molecule has 0 radical (unpaired) electrons. The van der Waals surface area contributed by atoms with Crippen LogP contribution in [0.4, 0.5) is 22.7 Å². The van der Waals surface area contributed by atoms with E-state index in [1.807, 2.05) is 54.3 Å². The fraction of sp³-hybridized carbons (Fsp3) is 0.286. The lowest BCUT2D eigenvalue weighted by Crippen LogP contribution is -2.32. The first-order chi connectivity index (χ1) is 16.5. The molecule has 2 heterocycles. The standard InChI is InChI=1S/C28H30N4O2/c1-3-27(33)31-25-17-21(8-10-22(25)19-9-11-23-20(16-19)12-14-29-23)28(34)32-15-13-18(2)30-24-6-4-5-7-26(24)32/h4-11,16-18,29-30H,3,12-15H2,1-2H3,(H,31,33). The number of hydrogen-bond donors (Lipinski definition) is 3. The van der Waals surface area contributed by atoms with Gasteiger partial charge < -0.3 is 20.9 Å². The van der Waals surface area contributed by atoms with Crippen LogP contribution in [-0.2, 0) is 11.2 Å². The molecule has 0 aliphatic carbocycles. The van der Waals surface area contributed by atoms with Crippen LogP contribution in [0.5, 0.6) is 0 Å². The Kier molecular flexibility index (Phi) is 5.97. The lowest BCUT2D eigenvalue weighted by Gasteiger charge is -2.23. The van der Waals surface area contributed by atoms with Gasteiger partial charge in [-0.05, 0) is 67.3 Å². The third-order valence-electron chi connectivity index (χ3n) is 6.62. The Balaban J connectivity index is 1.53. The zero-order valence-corrected chi connectivity index (χ0v) is 19.7. The molecule has 3 aromatic rings. The Morgan fingerprint density at radius 1 is 1.06 bits per heavy atom. The van der Waals surface area contributed by atoms with Crippen molar-refractivity contribution in [3.63, 3.8) is 0 Å². The number of nitrogens with zero attached hydrogens (tertiary/aromatic N) is 1. The number of nitrogens with one attached hydrogen (secondary N) is 3. The van der Waals surface area contributed by atoms with Crippen molar-refractivity contribution in [2.75, 3.05) is 33.9 Å². The molecule has 0 aromatic heterocycles. The number of hydrogen-bond acceptors (Lipinski definition) is 4. The summed E-state index contributed by atoms with van der Waals surface area (Å²) in [4.78, 5) is 27.9. The normalized spacial score (nSPS) is 16.5. The van der Waals surface area contributed by atoms with Crippen molar-refractivity contribution in [1.29, 1.82) is 0 Å². The summed E-state index contributed by atoms with van der Waals surface area (Å²) >= 11 is 0. The van der Waals surface area contributed by atoms with Gasteiger partial charge in [0.1, 0.15) is 0 Å². The fourth-order valence-electron chi connectivity index (χ4n) is 4.72. The lowest BCUT2D eigenvalue weighted by molar-refractivity contribution is -0.115. The molecular formula is C28H30N4O2. The monoisotopic (exact) mass is 454 g/mol. The summed E-state index contributed by atoms with van der Waals surface area (Å²) in [5.41, 5.74) is 7.45. The molecule has 3 N–H and O–H groups in total. The van der Waals surface area contributed by atoms with Crippen molar-refractivity contribution < 1.29 is 9.59 Å². The second kappa shape index (κ2) is 9.21. The van der Waals surface area contributed by atoms with Crippen LogP contribution in [0.25, 0.3) is 11.1 Å². The molecule has 2 aliphatic heterocycles. The minimum atomic E-state index is -0.0770. The molecule has 3 aromatic carbocycles. The van der Waals surface area contributed by atoms with E-state index in [0.29, 0.717) is 24.2 Å². The molecule has 2 amide bonds. The first-order valence-corrected chi connectivity index (χ1v) is 12.0. The van der Waals surface area contributed by atoms with Crippen molar-refractivity contribution in [2.24, 2.45) is 0 Å². The van der Waals surface area contributed by atoms with Gasteiger partial charge in [0.15, 0.2) is 0 Å². The van der Waals surface area contributed by atoms with Gasteiger partial charge in [0.2, 0.25) is 5.91 Å². The van der Waals surface area contributed by atoms with Gasteiger partial charge in [0.05, 0.1) is 11.4 Å². The van der Waals surface area contributed by atoms with Crippen molar-refractivity contribution in [1.82, 2.24) is 0 Å². The van der Waals surface area contributed by atoms with E-state index in [1.54, 1.807) is 0 Å². The second-order valence-corrected chi connectivity index (χ2v) is 9.02. The van der Waals surface area contributed by atoms with Gasteiger partial charge in [-0.25, -0.2) is 0 Å². The first kappa shape index (κ1) is 22.0. The van der Waals surface area contributed by atoms with Gasteiger partial charge >= 0.3 is 0 Å². The Hall–Kier alpha value is -3.80. The van der Waals surface area contributed by atoms with Gasteiger partial charge in [0, 0.05) is 48.1 Å². The minimum absolute atomic E-state index is 0.0694. The molecule has 0 saturated heterocycles. The van der Waals surface area contributed by atoms with Gasteiger partial charge in [-0.3, -0.25) is 9.59 Å². The highest BCUT2D eigenvalue weighted by atomic mass is 16.2. The summed E-state index contributed by atoms with van der Waals surface area (Å²) in [6.45, 7) is 5.52. The summed E-state index contributed by atoms with van der Waals surface area (Å²) in [5, 5.41) is 9.91. The molecule has 6 nitrogen and oxygen atoms in total. The van der Waals surface area contributed by atoms with E-state index < -0.39 is 0 Å². The highest BCUT2D eigenvalue weighted by Crippen LogP contribution is 2.35. The van der Waals surface area contributed by atoms with E-state index in [9.17, 15) is 9.59 Å². The van der Waals surface area contributed by atoms with E-state index in [-0.39, 0.29) is 17.9 Å². The van der Waals surface area contributed by atoms with Gasteiger partial charge in [0.25, 0.3) is 5.91 Å². The predicted molar refractivity (Wildman–Crippen MR) is 139 cm³/mol. The number of benzene rings is 3. The summed E-state index contributed by atoms with van der Waals surface area (Å²) in [6, 6.07) is 20.2. The lowest BCUT2D eigenvalue weighted by atomic mass is 9.98. The number of para-hydroxylation sites is 2. The Morgan fingerprint density at radius 3 is 2.76 bits per heavy atom. The summed E-state index contributed by atoms with van der Waals surface area (Å²) < 4.78 is 0. The van der Waals surface area contributed by atoms with Crippen molar-refractivity contribution in [2.45, 2.75) is 39.2 Å². The maximum Gasteiger partial charge on any atom is 0.258 e. The number of carbonyl (C=O) groups excluding carboxylic acids is 2. The van der Waals surface area contributed by atoms with Crippen LogP contribution >= 0.6 is 0 Å². The number of anilines is 4. The average Bonchev–Trinajstić information content (AvgIpc) is 3.25. The van der Waals surface area contributed by atoms with E-state index in [1.165, 1.54) is 5.56 Å². The SMILES string of the molecule is CCC(=O)Nc1cc(C(=O)N2CCC(C)Nc3ccccc32)ccc1-c1ccc2c(c1)CCN2. The van der Waals surface area contributed by atoms with Crippen LogP contribution in [0.15, 0.2) is 60.7 Å². The van der Waals surface area contributed by atoms with Crippen LogP contribution in [0.2, 0.25) is 0 Å². The fourth-order valence-corrected chi connectivity index (χ4v) is 4.72. The molecule has 0 bridgehead atoms. The van der Waals surface area contributed by atoms with Crippen LogP contribution in [0.1, 0.15) is 42.6 Å². The van der Waals surface area contributed by atoms with Gasteiger partial charge in [-0.2, -0.15) is 0 Å². The van der Waals surface area contributed by atoms with Crippen LogP contribution < -0.4 is 20.9 Å². The molecule has 0 fully saturated rings. The van der Waals surface area contributed by atoms with Gasteiger partial charge in [-0.1, -0.05) is 31.2 Å². The zero-order valence-electron chi connectivity index (χ0n) is 19.7. The average molecular weight is 455 g/mol. The van der Waals surface area contributed by atoms with E-state index in [0.717, 1.165) is 47.6 Å². The quantitative estimate of drug-likeness (QED) is 0.485. The highest BCUT2D eigenvalue weighted by Gasteiger charge is 2.25. The highest BCUT2D eigenvalue weighted by molar-refractivity contribution is 6.09. The third kappa shape index (κ3) is 4.23. The van der Waals surface area contributed by atoms with Crippen LogP contribution in [0, 0.1) is 0 Å². The molecule has 1 atom stereocenters. The van der Waals surface area contributed by atoms with Crippen molar-refractivity contribution in [3.8, 4) is 11.1 Å². The Morgan fingerprint density at radius 2 is 1.91 bits per heavy atom. The summed E-state index contributed by atoms with van der Waals surface area (Å²) in [7, 11) is 0. The Bertz CT molecular complexity index is 1250. The van der Waals surface area contributed by atoms with Gasteiger partial charge in [-0.15, -0.1) is 0 Å². The summed E-state index contributed by atoms with van der Waals surface area (Å²) in [5.74, 6) is -0.146. The summed E-state index contributed by atoms with van der Waals surface area (Å²) in [6.07, 6.45) is 2.20. The maximum absolute atomic E-state index is 13.7. The third-order valence-corrected chi connectivity index (χ3v) is 6.62. The maximum atomic E-state index is 13.7. The molecule has 0 spiro atoms. The number of carbonyl (C=O) groups is 2. The Labute approximate surface area is 200 Å². The van der Waals surface area contributed by atoms with Crippen molar-refractivity contribution in [3.05, 3.63) is 71.8 Å². The number of amides is 2. The topological polar surface area (TPSA) is 73.5 Å². The number of rotatable bonds is 4. The number of fused-ring (bicyclic) bond motifs is 2. The van der Waals surface area contributed by atoms with Crippen molar-refractivity contribution >= 4 is 34.6 Å². The smallest absolute Gasteiger partial charge is 0.258 e. The van der Waals surface area contributed by atoms with E-state index >= 15 is 0 Å².